The van der Waals surface area contributed by atoms with Gasteiger partial charge in [0, 0.05) is 11.1 Å². The fourth-order valence-corrected chi connectivity index (χ4v) is 4.18. The first-order valence-corrected chi connectivity index (χ1v) is 10.6. The summed E-state index contributed by atoms with van der Waals surface area (Å²) in [6.45, 7) is 6.06. The van der Waals surface area contributed by atoms with Crippen LogP contribution in [-0.2, 0) is 10.5 Å². The predicted octanol–water partition coefficient (Wildman–Crippen LogP) is 4.30. The molecule has 0 spiro atoms. The van der Waals surface area contributed by atoms with Gasteiger partial charge in [-0.15, -0.1) is 5.10 Å². The molecule has 0 bridgehead atoms. The summed E-state index contributed by atoms with van der Waals surface area (Å²) in [4.78, 5) is 17.5. The number of tetrazole rings is 1. The van der Waals surface area contributed by atoms with Crippen molar-refractivity contribution in [1.29, 1.82) is 0 Å². The average molecular weight is 420 g/mol. The Morgan fingerprint density at radius 3 is 2.77 bits per heavy atom. The largest absolute Gasteiger partial charge is 0.462 e. The molecule has 0 aliphatic carbocycles. The molecule has 0 saturated carbocycles. The molecule has 2 aromatic heterocycles. The van der Waals surface area contributed by atoms with Crippen LogP contribution < -0.4 is 0 Å². The first-order chi connectivity index (χ1) is 14.6. The van der Waals surface area contributed by atoms with E-state index in [0.717, 1.165) is 27.7 Å². The molecule has 2 aromatic carbocycles. The van der Waals surface area contributed by atoms with Gasteiger partial charge in [0.15, 0.2) is 0 Å². The molecule has 4 rings (SSSR count). The molecule has 0 N–H and O–H groups in total. The average Bonchev–Trinajstić information content (AvgIpc) is 3.21. The molecule has 8 heteroatoms. The number of pyridine rings is 1. The summed E-state index contributed by atoms with van der Waals surface area (Å²) < 4.78 is 7.00. The minimum absolute atomic E-state index is 0.309. The van der Waals surface area contributed by atoms with Crippen molar-refractivity contribution in [3.05, 3.63) is 70.9 Å². The number of para-hydroxylation sites is 1. The predicted molar refractivity (Wildman–Crippen MR) is 116 cm³/mol. The third-order valence-corrected chi connectivity index (χ3v) is 5.66. The highest BCUT2D eigenvalue weighted by Crippen LogP contribution is 2.29. The van der Waals surface area contributed by atoms with Crippen molar-refractivity contribution < 1.29 is 9.53 Å². The van der Waals surface area contributed by atoms with Crippen molar-refractivity contribution >= 4 is 28.6 Å². The Kier molecular flexibility index (Phi) is 5.76. The molecule has 152 valence electrons. The number of hydrogen-bond acceptors (Lipinski definition) is 7. The standard InChI is InChI=1S/C22H21N5O2S/c1-4-29-21(28)20-15(3)17-10-5-6-11-18(17)23-19(20)13-30-22-24-25-26-27(22)16-9-7-8-14(2)12-16/h5-12H,4,13H2,1-3H3. The van der Waals surface area contributed by atoms with E-state index >= 15 is 0 Å². The Hall–Kier alpha value is -3.26. The highest BCUT2D eigenvalue weighted by Gasteiger charge is 2.21. The van der Waals surface area contributed by atoms with Gasteiger partial charge in [-0.3, -0.25) is 4.98 Å². The van der Waals surface area contributed by atoms with Crippen LogP contribution in [0.5, 0.6) is 0 Å². The van der Waals surface area contributed by atoms with Gasteiger partial charge < -0.3 is 4.74 Å². The van der Waals surface area contributed by atoms with Crippen LogP contribution in [0.4, 0.5) is 0 Å². The van der Waals surface area contributed by atoms with Gasteiger partial charge in [0.25, 0.3) is 0 Å². The molecule has 2 heterocycles. The highest BCUT2D eigenvalue weighted by molar-refractivity contribution is 7.98. The lowest BCUT2D eigenvalue weighted by Crippen LogP contribution is -2.12. The minimum Gasteiger partial charge on any atom is -0.462 e. The Bertz CT molecular complexity index is 1220. The molecule has 0 aliphatic heterocycles. The van der Waals surface area contributed by atoms with Crippen LogP contribution in [0.3, 0.4) is 0 Å². The van der Waals surface area contributed by atoms with Crippen LogP contribution >= 0.6 is 11.8 Å². The molecular formula is C22H21N5O2S. The monoisotopic (exact) mass is 419 g/mol. The minimum atomic E-state index is -0.359. The zero-order valence-corrected chi connectivity index (χ0v) is 17.8. The summed E-state index contributed by atoms with van der Waals surface area (Å²) >= 11 is 1.43. The molecule has 0 aliphatic rings. The molecule has 0 fully saturated rings. The number of ether oxygens (including phenoxy) is 1. The lowest BCUT2D eigenvalue weighted by atomic mass is 10.0. The lowest BCUT2D eigenvalue weighted by molar-refractivity contribution is 0.0524. The summed E-state index contributed by atoms with van der Waals surface area (Å²) in [5.41, 5.74) is 4.89. The van der Waals surface area contributed by atoms with Gasteiger partial charge in [-0.25, -0.2) is 4.79 Å². The summed E-state index contributed by atoms with van der Waals surface area (Å²) in [6, 6.07) is 15.8. The maximum Gasteiger partial charge on any atom is 0.340 e. The number of hydrogen-bond donors (Lipinski definition) is 0. The molecule has 7 nitrogen and oxygen atoms in total. The van der Waals surface area contributed by atoms with Crippen molar-refractivity contribution in [2.75, 3.05) is 6.61 Å². The first kappa shape index (κ1) is 20.0. The number of esters is 1. The third kappa shape index (κ3) is 3.91. The zero-order valence-electron chi connectivity index (χ0n) is 17.0. The fourth-order valence-electron chi connectivity index (χ4n) is 3.34. The normalized spacial score (nSPS) is 11.0. The van der Waals surface area contributed by atoms with Crippen LogP contribution in [0.25, 0.3) is 16.6 Å². The van der Waals surface area contributed by atoms with E-state index in [2.05, 4.69) is 15.5 Å². The van der Waals surface area contributed by atoms with Crippen molar-refractivity contribution in [3.63, 3.8) is 0 Å². The summed E-state index contributed by atoms with van der Waals surface area (Å²) in [5, 5.41) is 13.7. The number of carbonyl (C=O) groups excluding carboxylic acids is 1. The molecular weight excluding hydrogens is 398 g/mol. The van der Waals surface area contributed by atoms with Gasteiger partial charge in [0.05, 0.1) is 29.1 Å². The smallest absolute Gasteiger partial charge is 0.340 e. The Morgan fingerprint density at radius 2 is 1.97 bits per heavy atom. The quantitative estimate of drug-likeness (QED) is 0.340. The van der Waals surface area contributed by atoms with Gasteiger partial charge >= 0.3 is 5.97 Å². The highest BCUT2D eigenvalue weighted by atomic mass is 32.2. The number of carbonyl (C=O) groups is 1. The van der Waals surface area contributed by atoms with E-state index in [1.165, 1.54) is 11.8 Å². The topological polar surface area (TPSA) is 82.8 Å². The fraction of sp³-hybridized carbons (Fsp3) is 0.227. The Balaban J connectivity index is 1.70. The van der Waals surface area contributed by atoms with E-state index in [1.54, 1.807) is 11.6 Å². The second-order valence-electron chi connectivity index (χ2n) is 6.80. The van der Waals surface area contributed by atoms with E-state index in [1.807, 2.05) is 62.4 Å². The number of aryl methyl sites for hydroxylation is 2. The Labute approximate surface area is 178 Å². The van der Waals surface area contributed by atoms with Crippen LogP contribution in [0, 0.1) is 13.8 Å². The summed E-state index contributed by atoms with van der Waals surface area (Å²) in [5.74, 6) is 0.0774. The van der Waals surface area contributed by atoms with E-state index in [-0.39, 0.29) is 5.97 Å². The SMILES string of the molecule is CCOC(=O)c1c(CSc2nnnn2-c2cccc(C)c2)nc2ccccc2c1C. The van der Waals surface area contributed by atoms with Gasteiger partial charge in [-0.05, 0) is 60.5 Å². The van der Waals surface area contributed by atoms with Crippen LogP contribution in [0.15, 0.2) is 53.7 Å². The Morgan fingerprint density at radius 1 is 1.13 bits per heavy atom. The number of fused-ring (bicyclic) bond motifs is 1. The van der Waals surface area contributed by atoms with E-state index in [4.69, 9.17) is 9.72 Å². The summed E-state index contributed by atoms with van der Waals surface area (Å²) in [7, 11) is 0. The van der Waals surface area contributed by atoms with Crippen molar-refractivity contribution in [1.82, 2.24) is 25.2 Å². The van der Waals surface area contributed by atoms with Gasteiger partial charge in [0.1, 0.15) is 0 Å². The number of nitrogens with zero attached hydrogens (tertiary/aromatic N) is 5. The second-order valence-corrected chi connectivity index (χ2v) is 7.74. The number of aromatic nitrogens is 5. The van der Waals surface area contributed by atoms with E-state index < -0.39 is 0 Å². The summed E-state index contributed by atoms with van der Waals surface area (Å²) in [6.07, 6.45) is 0. The molecule has 4 aromatic rings. The number of benzene rings is 2. The van der Waals surface area contributed by atoms with Crippen molar-refractivity contribution in [2.45, 2.75) is 31.7 Å². The van der Waals surface area contributed by atoms with Crippen LogP contribution in [-0.4, -0.2) is 37.8 Å². The van der Waals surface area contributed by atoms with E-state index in [9.17, 15) is 4.79 Å². The van der Waals surface area contributed by atoms with Crippen LogP contribution in [0.1, 0.15) is 34.1 Å². The molecule has 0 unspecified atom stereocenters. The molecule has 30 heavy (non-hydrogen) atoms. The zero-order chi connectivity index (χ0) is 21.1. The third-order valence-electron chi connectivity index (χ3n) is 4.73. The van der Waals surface area contributed by atoms with Gasteiger partial charge in [-0.2, -0.15) is 4.68 Å². The molecule has 0 atom stereocenters. The lowest BCUT2D eigenvalue weighted by Gasteiger charge is -2.13. The number of thioether (sulfide) groups is 1. The molecule has 0 radical (unpaired) electrons. The van der Waals surface area contributed by atoms with Gasteiger partial charge in [-0.1, -0.05) is 42.1 Å². The van der Waals surface area contributed by atoms with Crippen molar-refractivity contribution in [2.24, 2.45) is 0 Å². The molecule has 0 saturated heterocycles. The maximum absolute atomic E-state index is 12.7. The first-order valence-electron chi connectivity index (χ1n) is 9.62. The van der Waals surface area contributed by atoms with Gasteiger partial charge in [0.2, 0.25) is 5.16 Å². The van der Waals surface area contributed by atoms with Crippen LogP contribution in [0.2, 0.25) is 0 Å². The van der Waals surface area contributed by atoms with Crippen molar-refractivity contribution in [3.8, 4) is 5.69 Å². The van der Waals surface area contributed by atoms with E-state index in [0.29, 0.717) is 28.8 Å². The number of rotatable bonds is 6. The maximum atomic E-state index is 12.7. The second kappa shape index (κ2) is 8.62. The molecule has 0 amide bonds.